The molecule has 6 heteroatoms. The van der Waals surface area contributed by atoms with Gasteiger partial charge in [0.25, 0.3) is 5.91 Å². The quantitative estimate of drug-likeness (QED) is 0.695. The monoisotopic (exact) mass is 384 g/mol. The van der Waals surface area contributed by atoms with E-state index in [1.807, 2.05) is 52.8 Å². The number of anilines is 2. The van der Waals surface area contributed by atoms with E-state index < -0.39 is 0 Å². The molecule has 0 aliphatic carbocycles. The molecule has 0 saturated carbocycles. The molecule has 2 rings (SSSR count). The third-order valence-electron chi connectivity index (χ3n) is 3.99. The summed E-state index contributed by atoms with van der Waals surface area (Å²) in [6.45, 7) is 10.1. The molecule has 0 spiro atoms. The minimum atomic E-state index is -0.244. The summed E-state index contributed by atoms with van der Waals surface area (Å²) >= 11 is 0. The fourth-order valence-electron chi connectivity index (χ4n) is 2.56. The number of ether oxygens (including phenoxy) is 2. The highest BCUT2D eigenvalue weighted by Crippen LogP contribution is 2.37. The maximum Gasteiger partial charge on any atom is 0.255 e. The van der Waals surface area contributed by atoms with Crippen molar-refractivity contribution in [1.29, 1.82) is 0 Å². The van der Waals surface area contributed by atoms with E-state index in [0.29, 0.717) is 41.7 Å². The van der Waals surface area contributed by atoms with Crippen molar-refractivity contribution in [1.82, 2.24) is 0 Å². The van der Waals surface area contributed by atoms with Crippen LogP contribution in [0.5, 0.6) is 11.5 Å². The van der Waals surface area contributed by atoms with Gasteiger partial charge in [0.05, 0.1) is 24.6 Å². The zero-order valence-corrected chi connectivity index (χ0v) is 17.1. The molecule has 0 heterocycles. The average Bonchev–Trinajstić information content (AvgIpc) is 2.65. The van der Waals surface area contributed by atoms with Crippen molar-refractivity contribution < 1.29 is 19.1 Å². The van der Waals surface area contributed by atoms with E-state index in [2.05, 4.69) is 10.6 Å². The summed E-state index contributed by atoms with van der Waals surface area (Å²) in [6.07, 6.45) is 0. The summed E-state index contributed by atoms with van der Waals surface area (Å²) in [5.41, 5.74) is 2.55. The lowest BCUT2D eigenvalue weighted by Crippen LogP contribution is -2.19. The van der Waals surface area contributed by atoms with Gasteiger partial charge in [-0.3, -0.25) is 9.59 Å². The van der Waals surface area contributed by atoms with E-state index in [9.17, 15) is 9.59 Å². The van der Waals surface area contributed by atoms with Crippen molar-refractivity contribution in [2.45, 2.75) is 34.6 Å². The Morgan fingerprint density at radius 1 is 0.929 bits per heavy atom. The van der Waals surface area contributed by atoms with E-state index in [0.717, 1.165) is 5.56 Å². The van der Waals surface area contributed by atoms with Crippen LogP contribution in [-0.4, -0.2) is 25.0 Å². The topological polar surface area (TPSA) is 76.7 Å². The van der Waals surface area contributed by atoms with Crippen LogP contribution in [0.25, 0.3) is 0 Å². The first kappa shape index (κ1) is 21.3. The van der Waals surface area contributed by atoms with Crippen molar-refractivity contribution in [3.63, 3.8) is 0 Å². The molecule has 2 amide bonds. The van der Waals surface area contributed by atoms with Crippen LogP contribution in [0, 0.1) is 12.8 Å². The Kier molecular flexibility index (Phi) is 7.44. The highest BCUT2D eigenvalue weighted by Gasteiger charge is 2.18. The lowest BCUT2D eigenvalue weighted by Gasteiger charge is -2.18. The van der Waals surface area contributed by atoms with Gasteiger partial charge in [-0.25, -0.2) is 0 Å². The van der Waals surface area contributed by atoms with Crippen LogP contribution >= 0.6 is 0 Å². The van der Waals surface area contributed by atoms with Gasteiger partial charge in [-0.15, -0.1) is 0 Å². The number of carbonyl (C=O) groups is 2. The van der Waals surface area contributed by atoms with E-state index in [4.69, 9.17) is 9.47 Å². The lowest BCUT2D eigenvalue weighted by atomic mass is 10.1. The molecule has 0 fully saturated rings. The van der Waals surface area contributed by atoms with Crippen molar-refractivity contribution in [2.75, 3.05) is 23.8 Å². The van der Waals surface area contributed by atoms with E-state index in [1.165, 1.54) is 0 Å². The highest BCUT2D eigenvalue weighted by atomic mass is 16.5. The van der Waals surface area contributed by atoms with Gasteiger partial charge < -0.3 is 20.1 Å². The van der Waals surface area contributed by atoms with Crippen LogP contribution in [0.1, 0.15) is 43.6 Å². The van der Waals surface area contributed by atoms with Crippen LogP contribution in [0.15, 0.2) is 36.4 Å². The molecule has 2 N–H and O–H groups in total. The minimum absolute atomic E-state index is 0.125. The summed E-state index contributed by atoms with van der Waals surface area (Å²) in [6, 6.07) is 10.7. The molecule has 150 valence electrons. The van der Waals surface area contributed by atoms with Crippen LogP contribution in [0.4, 0.5) is 11.4 Å². The zero-order chi connectivity index (χ0) is 20.7. The van der Waals surface area contributed by atoms with Gasteiger partial charge in [0.2, 0.25) is 5.91 Å². The highest BCUT2D eigenvalue weighted by molar-refractivity contribution is 6.05. The molecule has 0 radical (unpaired) electrons. The Bertz CT molecular complexity index is 846. The van der Waals surface area contributed by atoms with Gasteiger partial charge in [0.15, 0.2) is 0 Å². The smallest absolute Gasteiger partial charge is 0.255 e. The van der Waals surface area contributed by atoms with E-state index in [1.54, 1.807) is 18.2 Å². The molecule has 2 aromatic carbocycles. The largest absolute Gasteiger partial charge is 0.492 e. The van der Waals surface area contributed by atoms with Crippen LogP contribution in [0.2, 0.25) is 0 Å². The molecule has 6 nitrogen and oxygen atoms in total. The first-order chi connectivity index (χ1) is 13.3. The normalized spacial score (nSPS) is 10.5. The van der Waals surface area contributed by atoms with Gasteiger partial charge in [0.1, 0.15) is 11.5 Å². The summed E-state index contributed by atoms with van der Waals surface area (Å²) in [5, 5.41) is 5.74. The van der Waals surface area contributed by atoms with Crippen molar-refractivity contribution in [3.8, 4) is 11.5 Å². The molecule has 0 atom stereocenters. The van der Waals surface area contributed by atoms with Gasteiger partial charge in [0, 0.05) is 23.6 Å². The number of hydrogen-bond acceptors (Lipinski definition) is 4. The maximum atomic E-state index is 12.7. The second-order valence-corrected chi connectivity index (χ2v) is 6.68. The average molecular weight is 384 g/mol. The van der Waals surface area contributed by atoms with E-state index in [-0.39, 0.29) is 17.7 Å². The molecular formula is C22H28N2O4. The second kappa shape index (κ2) is 9.78. The molecular weight excluding hydrogens is 356 g/mol. The Balaban J connectivity index is 2.40. The zero-order valence-electron chi connectivity index (χ0n) is 17.1. The molecule has 28 heavy (non-hydrogen) atoms. The van der Waals surface area contributed by atoms with Crippen molar-refractivity contribution in [2.24, 2.45) is 5.92 Å². The molecule has 0 aliphatic rings. The number of rotatable bonds is 8. The second-order valence-electron chi connectivity index (χ2n) is 6.68. The molecule has 0 unspecified atom stereocenters. The van der Waals surface area contributed by atoms with Gasteiger partial charge >= 0.3 is 0 Å². The standard InChI is InChI=1S/C22H28N2O4/c1-6-27-19-13-18(24-22(26)16-10-8-9-15(5)11-16)20(28-7-2)12-17(19)23-21(25)14(3)4/h8-14H,6-7H2,1-5H3,(H,23,25)(H,24,26). The Labute approximate surface area is 166 Å². The first-order valence-corrected chi connectivity index (χ1v) is 9.48. The fraction of sp³-hybridized carbons (Fsp3) is 0.364. The summed E-state index contributed by atoms with van der Waals surface area (Å²) < 4.78 is 11.4. The predicted octanol–water partition coefficient (Wildman–Crippen LogP) is 4.64. The Hall–Kier alpha value is -3.02. The summed E-state index contributed by atoms with van der Waals surface area (Å²) in [7, 11) is 0. The number of aryl methyl sites for hydroxylation is 1. The third-order valence-corrected chi connectivity index (χ3v) is 3.99. The van der Waals surface area contributed by atoms with Crippen LogP contribution < -0.4 is 20.1 Å². The number of amides is 2. The maximum absolute atomic E-state index is 12.7. The van der Waals surface area contributed by atoms with Crippen molar-refractivity contribution >= 4 is 23.2 Å². The number of carbonyl (C=O) groups excluding carboxylic acids is 2. The molecule has 0 bridgehead atoms. The summed E-state index contributed by atoms with van der Waals surface area (Å²) in [5.74, 6) is 0.391. The molecule has 2 aromatic rings. The van der Waals surface area contributed by atoms with Crippen LogP contribution in [0.3, 0.4) is 0 Å². The molecule has 0 aliphatic heterocycles. The number of hydrogen-bond donors (Lipinski definition) is 2. The molecule has 0 aromatic heterocycles. The molecule has 0 saturated heterocycles. The van der Waals surface area contributed by atoms with Gasteiger partial charge in [-0.2, -0.15) is 0 Å². The SMILES string of the molecule is CCOc1cc(NC(=O)C(C)C)c(OCC)cc1NC(=O)c1cccc(C)c1. The minimum Gasteiger partial charge on any atom is -0.492 e. The van der Waals surface area contributed by atoms with Crippen LogP contribution in [-0.2, 0) is 4.79 Å². The Morgan fingerprint density at radius 3 is 2.00 bits per heavy atom. The number of benzene rings is 2. The van der Waals surface area contributed by atoms with Crippen molar-refractivity contribution in [3.05, 3.63) is 47.5 Å². The third kappa shape index (κ3) is 5.49. The van der Waals surface area contributed by atoms with E-state index >= 15 is 0 Å². The Morgan fingerprint density at radius 2 is 1.50 bits per heavy atom. The summed E-state index contributed by atoms with van der Waals surface area (Å²) in [4.78, 5) is 24.8. The first-order valence-electron chi connectivity index (χ1n) is 9.48. The fourth-order valence-corrected chi connectivity index (χ4v) is 2.56. The van der Waals surface area contributed by atoms with Gasteiger partial charge in [-0.1, -0.05) is 31.5 Å². The predicted molar refractivity (Wildman–Crippen MR) is 111 cm³/mol. The van der Waals surface area contributed by atoms with Gasteiger partial charge in [-0.05, 0) is 32.9 Å². The lowest BCUT2D eigenvalue weighted by molar-refractivity contribution is -0.118. The number of nitrogens with one attached hydrogen (secondary N) is 2.